The van der Waals surface area contributed by atoms with E-state index in [1.807, 2.05) is 19.1 Å². The minimum Gasteiger partial charge on any atom is -0.480 e. The molecule has 0 saturated carbocycles. The molecule has 0 radical (unpaired) electrons. The van der Waals surface area contributed by atoms with Crippen molar-refractivity contribution >= 4 is 12.0 Å². The number of carboxylic acids is 1. The topological polar surface area (TPSA) is 82.5 Å². The van der Waals surface area contributed by atoms with Crippen molar-refractivity contribution in [2.24, 2.45) is 5.92 Å². The second-order valence-corrected chi connectivity index (χ2v) is 5.44. The molecule has 2 rings (SSSR count). The van der Waals surface area contributed by atoms with Crippen molar-refractivity contribution in [1.29, 1.82) is 0 Å². The summed E-state index contributed by atoms with van der Waals surface area (Å²) in [5, 5.41) is 12.1. The third-order valence-electron chi connectivity index (χ3n) is 3.86. The maximum atomic E-state index is 12.2. The van der Waals surface area contributed by atoms with Crippen molar-refractivity contribution in [2.45, 2.75) is 32.2 Å². The van der Waals surface area contributed by atoms with E-state index in [9.17, 15) is 14.7 Å². The highest BCUT2D eigenvalue weighted by atomic mass is 16.4. The van der Waals surface area contributed by atoms with Gasteiger partial charge in [-0.25, -0.2) is 9.59 Å². The Kier molecular flexibility index (Phi) is 5.14. The smallest absolute Gasteiger partial charge is 0.326 e. The van der Waals surface area contributed by atoms with Gasteiger partial charge >= 0.3 is 12.0 Å². The maximum Gasteiger partial charge on any atom is 0.326 e. The molecule has 2 N–H and O–H groups in total. The molecule has 0 aliphatic carbocycles. The molecule has 2 atom stereocenters. The molecule has 6 heteroatoms. The Morgan fingerprint density at radius 1 is 1.52 bits per heavy atom. The van der Waals surface area contributed by atoms with Crippen molar-refractivity contribution < 1.29 is 14.7 Å². The van der Waals surface area contributed by atoms with Gasteiger partial charge in [-0.1, -0.05) is 13.0 Å². The van der Waals surface area contributed by atoms with Crippen molar-refractivity contribution in [2.75, 3.05) is 13.1 Å². The standard InChI is InChI=1S/C15H21N3O3/c1-11-4-3-9-18(13(11)14(19)20)15(21)17-8-6-12-5-2-7-16-10-12/h2,5,7,10-11,13H,3-4,6,8-9H2,1H3,(H,17,21)(H,19,20). The number of amides is 2. The van der Waals surface area contributed by atoms with Gasteiger partial charge in [-0.05, 0) is 36.8 Å². The van der Waals surface area contributed by atoms with Crippen LogP contribution in [0.15, 0.2) is 24.5 Å². The molecule has 2 amide bonds. The molecular formula is C15H21N3O3. The molecule has 0 bridgehead atoms. The van der Waals surface area contributed by atoms with E-state index in [-0.39, 0.29) is 11.9 Å². The largest absolute Gasteiger partial charge is 0.480 e. The molecule has 1 aromatic rings. The van der Waals surface area contributed by atoms with Crippen molar-refractivity contribution in [3.63, 3.8) is 0 Å². The first-order valence-electron chi connectivity index (χ1n) is 7.26. The van der Waals surface area contributed by atoms with Gasteiger partial charge in [-0.2, -0.15) is 0 Å². The average Bonchev–Trinajstić information content (AvgIpc) is 2.47. The number of urea groups is 1. The number of aromatic nitrogens is 1. The normalized spacial score (nSPS) is 21.9. The van der Waals surface area contributed by atoms with E-state index in [0.717, 1.165) is 18.4 Å². The fourth-order valence-electron chi connectivity index (χ4n) is 2.75. The first-order valence-corrected chi connectivity index (χ1v) is 7.26. The summed E-state index contributed by atoms with van der Waals surface area (Å²) in [5.74, 6) is -0.940. The highest BCUT2D eigenvalue weighted by molar-refractivity contribution is 5.83. The number of hydrogen-bond donors (Lipinski definition) is 2. The number of pyridine rings is 1. The van der Waals surface area contributed by atoms with E-state index in [1.54, 1.807) is 12.4 Å². The minimum atomic E-state index is -0.926. The summed E-state index contributed by atoms with van der Waals surface area (Å²) in [6.45, 7) is 2.86. The zero-order chi connectivity index (χ0) is 15.2. The number of nitrogens with zero attached hydrogens (tertiary/aromatic N) is 2. The van der Waals surface area contributed by atoms with Crippen LogP contribution in [-0.2, 0) is 11.2 Å². The molecule has 2 unspecified atom stereocenters. The molecule has 21 heavy (non-hydrogen) atoms. The molecule has 1 fully saturated rings. The van der Waals surface area contributed by atoms with E-state index >= 15 is 0 Å². The highest BCUT2D eigenvalue weighted by Crippen LogP contribution is 2.23. The number of aliphatic carboxylic acids is 1. The zero-order valence-corrected chi connectivity index (χ0v) is 12.2. The Morgan fingerprint density at radius 2 is 2.33 bits per heavy atom. The molecule has 6 nitrogen and oxygen atoms in total. The number of carbonyl (C=O) groups is 2. The van der Waals surface area contributed by atoms with Crippen LogP contribution >= 0.6 is 0 Å². The summed E-state index contributed by atoms with van der Waals surface area (Å²) >= 11 is 0. The van der Waals surface area contributed by atoms with Crippen molar-refractivity contribution in [1.82, 2.24) is 15.2 Å². The van der Waals surface area contributed by atoms with Crippen LogP contribution in [0.2, 0.25) is 0 Å². The lowest BCUT2D eigenvalue weighted by atomic mass is 9.91. The highest BCUT2D eigenvalue weighted by Gasteiger charge is 2.36. The summed E-state index contributed by atoms with van der Waals surface area (Å²) in [4.78, 5) is 29.0. The van der Waals surface area contributed by atoms with E-state index in [0.29, 0.717) is 19.5 Å². The number of likely N-dealkylation sites (tertiary alicyclic amines) is 1. The lowest BCUT2D eigenvalue weighted by Gasteiger charge is -2.37. The Hall–Kier alpha value is -2.11. The summed E-state index contributed by atoms with van der Waals surface area (Å²) < 4.78 is 0. The molecule has 0 aromatic carbocycles. The lowest BCUT2D eigenvalue weighted by molar-refractivity contribution is -0.145. The summed E-state index contributed by atoms with van der Waals surface area (Å²) in [6, 6.07) is 2.78. The van der Waals surface area contributed by atoms with Gasteiger partial charge < -0.3 is 15.3 Å². The van der Waals surface area contributed by atoms with Crippen LogP contribution < -0.4 is 5.32 Å². The Bertz CT molecular complexity index is 492. The fraction of sp³-hybridized carbons (Fsp3) is 0.533. The molecule has 1 saturated heterocycles. The second-order valence-electron chi connectivity index (χ2n) is 5.44. The number of carbonyl (C=O) groups excluding carboxylic acids is 1. The summed E-state index contributed by atoms with van der Waals surface area (Å²) in [6.07, 6.45) is 5.84. The third-order valence-corrected chi connectivity index (χ3v) is 3.86. The van der Waals surface area contributed by atoms with Crippen LogP contribution in [-0.4, -0.2) is 46.1 Å². The minimum absolute atomic E-state index is 0.0136. The first kappa shape index (κ1) is 15.3. The lowest BCUT2D eigenvalue weighted by Crippen LogP contribution is -2.55. The molecular weight excluding hydrogens is 270 g/mol. The molecule has 0 spiro atoms. The molecule has 2 heterocycles. The Balaban J connectivity index is 1.88. The Morgan fingerprint density at radius 3 is 3.00 bits per heavy atom. The first-order chi connectivity index (χ1) is 10.1. The summed E-state index contributed by atoms with van der Waals surface area (Å²) in [7, 11) is 0. The second kappa shape index (κ2) is 7.06. The summed E-state index contributed by atoms with van der Waals surface area (Å²) in [5.41, 5.74) is 1.04. The SMILES string of the molecule is CC1CCCN(C(=O)NCCc2cccnc2)C1C(=O)O. The van der Waals surface area contributed by atoms with Crippen molar-refractivity contribution in [3.8, 4) is 0 Å². The number of carboxylic acid groups (broad SMARTS) is 1. The zero-order valence-electron chi connectivity index (χ0n) is 12.2. The predicted octanol–water partition coefficient (Wildman–Crippen LogP) is 1.52. The van der Waals surface area contributed by atoms with Crippen LogP contribution in [0.3, 0.4) is 0 Å². The van der Waals surface area contributed by atoms with E-state index in [4.69, 9.17) is 0 Å². The van der Waals surface area contributed by atoms with Crippen LogP contribution in [0.4, 0.5) is 4.79 Å². The quantitative estimate of drug-likeness (QED) is 0.881. The van der Waals surface area contributed by atoms with Crippen LogP contribution in [0, 0.1) is 5.92 Å². The average molecular weight is 291 g/mol. The van der Waals surface area contributed by atoms with E-state index in [2.05, 4.69) is 10.3 Å². The molecule has 1 aromatic heterocycles. The van der Waals surface area contributed by atoms with Gasteiger partial charge in [-0.3, -0.25) is 4.98 Å². The van der Waals surface area contributed by atoms with Gasteiger partial charge in [0.05, 0.1) is 0 Å². The molecule has 114 valence electrons. The number of nitrogens with one attached hydrogen (secondary N) is 1. The Labute approximate surface area is 124 Å². The monoisotopic (exact) mass is 291 g/mol. The number of hydrogen-bond acceptors (Lipinski definition) is 3. The van der Waals surface area contributed by atoms with E-state index in [1.165, 1.54) is 4.90 Å². The van der Waals surface area contributed by atoms with Gasteiger partial charge in [0.1, 0.15) is 6.04 Å². The fourth-order valence-corrected chi connectivity index (χ4v) is 2.75. The number of rotatable bonds is 4. The van der Waals surface area contributed by atoms with Gasteiger partial charge in [0.2, 0.25) is 0 Å². The van der Waals surface area contributed by atoms with Gasteiger partial charge in [-0.15, -0.1) is 0 Å². The van der Waals surface area contributed by atoms with E-state index < -0.39 is 12.0 Å². The predicted molar refractivity (Wildman–Crippen MR) is 77.9 cm³/mol. The van der Waals surface area contributed by atoms with Crippen molar-refractivity contribution in [3.05, 3.63) is 30.1 Å². The van der Waals surface area contributed by atoms with Gasteiger partial charge in [0.25, 0.3) is 0 Å². The van der Waals surface area contributed by atoms with Gasteiger partial charge in [0, 0.05) is 25.5 Å². The van der Waals surface area contributed by atoms with Crippen LogP contribution in [0.5, 0.6) is 0 Å². The third kappa shape index (κ3) is 3.93. The maximum absolute atomic E-state index is 12.2. The molecule has 1 aliphatic rings. The van der Waals surface area contributed by atoms with Crippen LogP contribution in [0.25, 0.3) is 0 Å². The van der Waals surface area contributed by atoms with Gasteiger partial charge in [0.15, 0.2) is 0 Å². The van der Waals surface area contributed by atoms with Crippen LogP contribution in [0.1, 0.15) is 25.3 Å². The number of piperidine rings is 1. The molecule has 1 aliphatic heterocycles.